The lowest BCUT2D eigenvalue weighted by Gasteiger charge is -2.49. The van der Waals surface area contributed by atoms with E-state index in [-0.39, 0.29) is 126 Å². The quantitative estimate of drug-likeness (QED) is 0.0155. The van der Waals surface area contributed by atoms with Crippen molar-refractivity contribution in [1.29, 1.82) is 0 Å². The minimum atomic E-state index is -1.07. The number of nitrogens with two attached hydrogens (primary N) is 1. The summed E-state index contributed by atoms with van der Waals surface area (Å²) >= 11 is 0. The number of nitro benzene ring substituents is 2. The van der Waals surface area contributed by atoms with Crippen LogP contribution >= 0.6 is 12.4 Å². The van der Waals surface area contributed by atoms with Gasteiger partial charge in [0.25, 0.3) is 11.4 Å². The fourth-order valence-electron chi connectivity index (χ4n) is 21.5. The van der Waals surface area contributed by atoms with Crippen LogP contribution < -0.4 is 35.3 Å². The van der Waals surface area contributed by atoms with E-state index in [2.05, 4.69) is 135 Å². The van der Waals surface area contributed by atoms with Gasteiger partial charge in [-0.15, -0.1) is 12.4 Å². The molecule has 0 aromatic heterocycles. The first-order valence-corrected chi connectivity index (χ1v) is 47.3. The van der Waals surface area contributed by atoms with E-state index in [4.69, 9.17) is 43.6 Å². The summed E-state index contributed by atoms with van der Waals surface area (Å²) in [5, 5.41) is 37.9. The molecule has 0 heterocycles. The molecule has 3 fully saturated rings. The number of phenols is 1. The summed E-state index contributed by atoms with van der Waals surface area (Å²) in [7, 11) is 0. The van der Waals surface area contributed by atoms with Crippen LogP contribution in [0.1, 0.15) is 260 Å². The molecule has 0 radical (unpaired) electrons. The first-order chi connectivity index (χ1) is 63.9. The van der Waals surface area contributed by atoms with Crippen LogP contribution in [0.4, 0.5) is 25.8 Å². The topological polar surface area (TPSA) is 350 Å². The number of aromatic hydroxyl groups is 1. The van der Waals surface area contributed by atoms with Gasteiger partial charge < -0.3 is 59.4 Å². The molecular weight excluding hydrogens is 1750 g/mol. The lowest BCUT2D eigenvalue weighted by molar-refractivity contribution is -0.385. The van der Waals surface area contributed by atoms with Crippen molar-refractivity contribution < 1.29 is 86.4 Å². The number of nitrogens with one attached hydrogen (secondary N) is 2. The maximum absolute atomic E-state index is 13.6. The Bertz CT molecular complexity index is 5660. The summed E-state index contributed by atoms with van der Waals surface area (Å²) in [5.41, 5.74) is 21.6. The highest BCUT2D eigenvalue weighted by Crippen LogP contribution is 2.53. The summed E-state index contributed by atoms with van der Waals surface area (Å²) in [6.45, 7) is 21.6. The molecule has 0 aliphatic heterocycles. The molecule has 26 heteroatoms. The van der Waals surface area contributed by atoms with Crippen molar-refractivity contribution in [2.45, 2.75) is 269 Å². The zero-order chi connectivity index (χ0) is 95.6. The van der Waals surface area contributed by atoms with E-state index in [1.165, 1.54) is 159 Å². The maximum atomic E-state index is 13.6. The van der Waals surface area contributed by atoms with Gasteiger partial charge in [-0.05, 0) is 256 Å². The number of amides is 2. The second kappa shape index (κ2) is 44.1. The number of fused-ring (bicyclic) bond motifs is 18. The summed E-state index contributed by atoms with van der Waals surface area (Å²) in [6, 6.07) is 60.8. The lowest BCUT2D eigenvalue weighted by atomic mass is 9.59. The number of nitrogens with zero attached hydrogens (tertiary/aromatic N) is 2. The van der Waals surface area contributed by atoms with Crippen molar-refractivity contribution in [2.24, 2.45) is 35.3 Å². The first kappa shape index (κ1) is 102. The molecular formula is C110H130ClN5O20. The molecule has 8 aliphatic rings. The number of carbonyl (C=O) groups is 7. The Morgan fingerprint density at radius 1 is 0.434 bits per heavy atom. The summed E-state index contributed by atoms with van der Waals surface area (Å²) in [4.78, 5) is 108. The van der Waals surface area contributed by atoms with Gasteiger partial charge in [-0.3, -0.25) is 39.4 Å². The van der Waals surface area contributed by atoms with Gasteiger partial charge in [0.2, 0.25) is 0 Å². The lowest BCUT2D eigenvalue weighted by Crippen LogP contribution is -2.57. The molecule has 5 N–H and O–H groups in total. The van der Waals surface area contributed by atoms with E-state index >= 15 is 0 Å². The molecule has 0 spiro atoms. The Morgan fingerprint density at radius 3 is 1.12 bits per heavy atom. The molecule has 8 aliphatic carbocycles. The van der Waals surface area contributed by atoms with Gasteiger partial charge in [0.05, 0.1) is 34.5 Å². The zero-order valence-electron chi connectivity index (χ0n) is 79.0. The van der Waals surface area contributed by atoms with Crippen LogP contribution in [0.25, 0.3) is 22.3 Å². The molecule has 9 aromatic rings. The minimum absolute atomic E-state index is 0. The van der Waals surface area contributed by atoms with Crippen molar-refractivity contribution in [3.05, 3.63) is 276 Å². The Labute approximate surface area is 803 Å². The van der Waals surface area contributed by atoms with Crippen LogP contribution in [0, 0.1) is 49.8 Å². The first-order valence-electron chi connectivity index (χ1n) is 47.3. The van der Waals surface area contributed by atoms with E-state index in [1.54, 1.807) is 40.7 Å². The van der Waals surface area contributed by atoms with Gasteiger partial charge in [-0.1, -0.05) is 215 Å². The number of halogens is 1. The molecule has 0 saturated heterocycles. The van der Waals surface area contributed by atoms with Gasteiger partial charge in [0, 0.05) is 70.5 Å². The molecule has 3 saturated carbocycles. The third-order valence-corrected chi connectivity index (χ3v) is 28.2. The highest BCUT2D eigenvalue weighted by molar-refractivity contribution is 5.86. The standard InChI is InChI=1S/C40H47NO6.C31H33NO3.C25H37NO4.C13H8N2O7.CH4.ClH/c1-25(37(43)47-39(2,3)4)21-35(42)46-28-19-18-26-22-27-13-7-6-12-20-40(5,34(26)23-28)36(27)41-38(44)45-24-33-31-16-10-8-14-29(31)30-15-9-11-17-32(30)33;1-31-16-8-2-3-9-21(17-20-14-15-22(33)18-28(20)31)29(31)32-30(34)35-19-27-25-12-6-4-10-23(25)24-11-5-7-13-26(24)27;1-16(23(28)30-24(2,3)4)13-21(27)29-19-11-10-17-14-18-9-7-6-8-12-25(5,22(18)26)20(17)15-19;16-13(21-11-5-1-9(2-6-11)14(17)18)22-12-7-3-10(4-8-12)15(19)20;;/h8-11,14-19,23,25,27,33,36H,6-7,12-13,20-22,24H2,1-5H3,(H,41,44);4-7,10-15,18,21,27,29,33H,2-3,8-9,16-17,19H2,1H3,(H,32,34);10-11,15-16,18,22H,6-9,12-14,26H2,1-5H3;1-8H;1H4;1H/t25-,27+,36+,40-;21-,29-,31+;16-,18+,22+,25-;;;/m101.../s1. The number of carbonyl (C=O) groups excluding carboxylic acids is 7. The molecule has 0 unspecified atom stereocenters. The number of non-ortho nitro benzene ring substituents is 2. The molecule has 25 nitrogen and oxygen atoms in total. The van der Waals surface area contributed by atoms with Gasteiger partial charge in [0.1, 0.15) is 53.2 Å². The number of hydrogen-bond donors (Lipinski definition) is 4. The maximum Gasteiger partial charge on any atom is 0.519 e. The van der Waals surface area contributed by atoms with Gasteiger partial charge >= 0.3 is 42.2 Å². The highest BCUT2D eigenvalue weighted by Gasteiger charge is 2.50. The third kappa shape index (κ3) is 24.3. The molecule has 11 atom stereocenters. The van der Waals surface area contributed by atoms with Crippen LogP contribution in [0.15, 0.2) is 200 Å². The van der Waals surface area contributed by atoms with Crippen molar-refractivity contribution in [3.63, 3.8) is 0 Å². The van der Waals surface area contributed by atoms with E-state index in [9.17, 15) is 58.9 Å². The SMILES string of the molecule is C.C[C@@]12CCCCC[C@@H](Cc3ccc(O)cc31)[C@@H]2NC(=O)OCC1c2ccccc2-c2ccccc21.C[C@H](CC(=O)Oc1ccc2c(c1)[C@@]1(C)CCCCC[C@@H](C2)[C@@H]1N)C(=O)OC(C)(C)C.C[C@H](CC(=O)Oc1ccc2c(c1)[C@@]1(C)CCCCC[C@@H](C2)[C@@H]1NC(=O)OCC1c2ccccc2-c2ccccc21)C(=O)OC(C)(C)C.Cl.O=C(Oc1ccc([N+](=O)[O-])cc1)Oc1ccc([N+](=O)[O-])cc1. The minimum Gasteiger partial charge on any atom is -0.508 e. The van der Waals surface area contributed by atoms with E-state index in [0.29, 0.717) is 35.7 Å². The number of phenolic OH excluding ortho intramolecular Hbond substituents is 1. The molecule has 136 heavy (non-hydrogen) atoms. The van der Waals surface area contributed by atoms with Gasteiger partial charge in [-0.2, -0.15) is 0 Å². The number of benzene rings is 9. The number of nitro groups is 2. The van der Waals surface area contributed by atoms with E-state index in [0.717, 1.165) is 82.6 Å². The van der Waals surface area contributed by atoms with Crippen LogP contribution in [-0.4, -0.2) is 99.7 Å². The van der Waals surface area contributed by atoms with Crippen LogP contribution in [0.2, 0.25) is 0 Å². The average molecular weight is 1880 g/mol. The van der Waals surface area contributed by atoms with Crippen LogP contribution in [0.3, 0.4) is 0 Å². The van der Waals surface area contributed by atoms with E-state index in [1.807, 2.05) is 63.2 Å². The molecule has 17 rings (SSSR count). The number of rotatable bonds is 18. The predicted molar refractivity (Wildman–Crippen MR) is 523 cm³/mol. The van der Waals surface area contributed by atoms with Crippen LogP contribution in [0.5, 0.6) is 28.7 Å². The third-order valence-electron chi connectivity index (χ3n) is 28.2. The second-order valence-electron chi connectivity index (χ2n) is 40.0. The molecule has 6 bridgehead atoms. The number of alkyl carbamates (subject to hydrolysis) is 2. The Balaban J connectivity index is 0.000000168. The predicted octanol–water partition coefficient (Wildman–Crippen LogP) is 23.8. The summed E-state index contributed by atoms with van der Waals surface area (Å²) in [6.07, 6.45) is 17.7. The Kier molecular flexibility index (Phi) is 33.2. The van der Waals surface area contributed by atoms with Crippen molar-refractivity contribution in [3.8, 4) is 51.0 Å². The second-order valence-corrected chi connectivity index (χ2v) is 40.0. The van der Waals surface area contributed by atoms with Crippen molar-refractivity contribution in [1.82, 2.24) is 10.6 Å². The Morgan fingerprint density at radius 2 is 0.757 bits per heavy atom. The van der Waals surface area contributed by atoms with Crippen molar-refractivity contribution >= 4 is 66.0 Å². The monoisotopic (exact) mass is 1880 g/mol. The van der Waals surface area contributed by atoms with Gasteiger partial charge in [0.15, 0.2) is 0 Å². The molecule has 9 aromatic carbocycles. The molecule has 722 valence electrons. The van der Waals surface area contributed by atoms with Crippen molar-refractivity contribution in [2.75, 3.05) is 13.2 Å². The fraction of sp³-hybridized carbons (Fsp3) is 0.445. The average Bonchev–Trinajstić information content (AvgIpc) is 0.939. The highest BCUT2D eigenvalue weighted by atomic mass is 35.5. The normalized spacial score (nSPS) is 21.8. The number of ether oxygens (including phenoxy) is 8. The van der Waals surface area contributed by atoms with Crippen LogP contribution in [-0.2, 0) is 73.6 Å². The molecule has 2 amide bonds. The summed E-state index contributed by atoms with van der Waals surface area (Å²) in [5.74, 6) is -0.243. The van der Waals surface area contributed by atoms with E-state index < -0.39 is 63.0 Å². The number of esters is 4. The largest absolute Gasteiger partial charge is 0.519 e. The Hall–Kier alpha value is -12.5. The summed E-state index contributed by atoms with van der Waals surface area (Å²) < 4.78 is 43.8. The van der Waals surface area contributed by atoms with Gasteiger partial charge in [-0.25, -0.2) is 14.4 Å². The fourth-order valence-corrected chi connectivity index (χ4v) is 21.5. The smallest absolute Gasteiger partial charge is 0.508 e. The zero-order valence-corrected chi connectivity index (χ0v) is 79.8. The number of hydrogen-bond acceptors (Lipinski definition) is 21.